The number of hydrogen-bond acceptors (Lipinski definition) is 1. The van der Waals surface area contributed by atoms with E-state index >= 15 is 0 Å². The van der Waals surface area contributed by atoms with Crippen LogP contribution in [0.15, 0.2) is 0 Å². The fourth-order valence-electron chi connectivity index (χ4n) is 3.04. The fraction of sp³-hybridized carbons (Fsp3) is 1.00. The molecule has 0 heterocycles. The summed E-state index contributed by atoms with van der Waals surface area (Å²) in [4.78, 5) is 0. The van der Waals surface area contributed by atoms with E-state index in [-0.39, 0.29) is 6.10 Å². The summed E-state index contributed by atoms with van der Waals surface area (Å²) in [7, 11) is 0. The number of aliphatic hydroxyl groups is 1. The molecular weight excluding hydrogens is 136 g/mol. The van der Waals surface area contributed by atoms with Crippen LogP contribution in [0.2, 0.25) is 0 Å². The van der Waals surface area contributed by atoms with Gasteiger partial charge in [0.25, 0.3) is 0 Å². The van der Waals surface area contributed by atoms with Gasteiger partial charge in [-0.05, 0) is 36.0 Å². The Morgan fingerprint density at radius 1 is 1.36 bits per heavy atom. The minimum absolute atomic E-state index is 0.00356. The van der Waals surface area contributed by atoms with Gasteiger partial charge in [-0.3, -0.25) is 0 Å². The number of fused-ring (bicyclic) bond motifs is 1. The summed E-state index contributed by atoms with van der Waals surface area (Å²) < 4.78 is 0. The Balaban J connectivity index is 2.13. The summed E-state index contributed by atoms with van der Waals surface area (Å²) in [6.07, 6.45) is 2.44. The van der Waals surface area contributed by atoms with Crippen molar-refractivity contribution in [3.8, 4) is 0 Å². The molecule has 0 saturated heterocycles. The zero-order valence-electron chi connectivity index (χ0n) is 7.67. The highest BCUT2D eigenvalue weighted by Crippen LogP contribution is 2.69. The first kappa shape index (κ1) is 7.60. The Morgan fingerprint density at radius 3 is 2.27 bits per heavy atom. The average Bonchev–Trinajstić information content (AvgIpc) is 2.57. The minimum atomic E-state index is -0.00356. The van der Waals surface area contributed by atoms with Gasteiger partial charge in [-0.1, -0.05) is 20.8 Å². The van der Waals surface area contributed by atoms with E-state index in [1.807, 2.05) is 0 Å². The zero-order valence-corrected chi connectivity index (χ0v) is 7.67. The van der Waals surface area contributed by atoms with E-state index in [1.54, 1.807) is 0 Å². The molecule has 0 amide bonds. The highest BCUT2D eigenvalue weighted by atomic mass is 16.3. The third-order valence-electron chi connectivity index (χ3n) is 4.16. The molecule has 1 heteroatoms. The molecule has 4 atom stereocenters. The molecule has 0 bridgehead atoms. The number of rotatable bonds is 1. The molecule has 0 aliphatic heterocycles. The quantitative estimate of drug-likeness (QED) is 0.613. The molecule has 1 unspecified atom stereocenters. The standard InChI is InChI=1S/C10H18O/c1-6(2)10-4-8(10)7(3)9(11)5-10/h6-9,11H,4-5H2,1-3H3/t7?,8-,9-,10+/m1/s1. The van der Waals surface area contributed by atoms with Gasteiger partial charge in [-0.25, -0.2) is 0 Å². The van der Waals surface area contributed by atoms with Crippen molar-refractivity contribution in [2.45, 2.75) is 39.7 Å². The van der Waals surface area contributed by atoms with Crippen LogP contribution in [0.3, 0.4) is 0 Å². The maximum atomic E-state index is 9.61. The van der Waals surface area contributed by atoms with Gasteiger partial charge in [-0.15, -0.1) is 0 Å². The van der Waals surface area contributed by atoms with Crippen molar-refractivity contribution in [1.82, 2.24) is 0 Å². The van der Waals surface area contributed by atoms with E-state index in [0.29, 0.717) is 11.3 Å². The van der Waals surface area contributed by atoms with Crippen molar-refractivity contribution in [2.75, 3.05) is 0 Å². The molecular formula is C10H18O. The lowest BCUT2D eigenvalue weighted by Crippen LogP contribution is -2.15. The maximum absolute atomic E-state index is 9.61. The second-order valence-corrected chi connectivity index (χ2v) is 4.83. The predicted molar refractivity (Wildman–Crippen MR) is 45.2 cm³/mol. The van der Waals surface area contributed by atoms with Crippen molar-refractivity contribution < 1.29 is 5.11 Å². The van der Waals surface area contributed by atoms with E-state index in [9.17, 15) is 5.11 Å². The summed E-state index contributed by atoms with van der Waals surface area (Å²) >= 11 is 0. The van der Waals surface area contributed by atoms with Crippen LogP contribution in [0.25, 0.3) is 0 Å². The van der Waals surface area contributed by atoms with Crippen molar-refractivity contribution >= 4 is 0 Å². The lowest BCUT2D eigenvalue weighted by Gasteiger charge is -2.17. The molecule has 2 fully saturated rings. The molecule has 2 saturated carbocycles. The normalized spacial score (nSPS) is 54.8. The highest BCUT2D eigenvalue weighted by molar-refractivity contribution is 5.13. The molecule has 0 aromatic rings. The minimum Gasteiger partial charge on any atom is -0.393 e. The van der Waals surface area contributed by atoms with Crippen LogP contribution in [0.1, 0.15) is 33.6 Å². The van der Waals surface area contributed by atoms with Gasteiger partial charge < -0.3 is 5.11 Å². The molecule has 0 spiro atoms. The molecule has 1 nitrogen and oxygen atoms in total. The summed E-state index contributed by atoms with van der Waals surface area (Å²) in [6.45, 7) is 6.79. The summed E-state index contributed by atoms with van der Waals surface area (Å²) in [5, 5.41) is 9.61. The smallest absolute Gasteiger partial charge is 0.0574 e. The second-order valence-electron chi connectivity index (χ2n) is 4.83. The lowest BCUT2D eigenvalue weighted by molar-refractivity contribution is 0.113. The molecule has 2 aliphatic rings. The summed E-state index contributed by atoms with van der Waals surface area (Å²) in [6, 6.07) is 0. The van der Waals surface area contributed by atoms with Crippen LogP contribution in [0, 0.1) is 23.2 Å². The number of hydrogen-bond donors (Lipinski definition) is 1. The van der Waals surface area contributed by atoms with Crippen molar-refractivity contribution in [2.24, 2.45) is 23.2 Å². The maximum Gasteiger partial charge on any atom is 0.0574 e. The van der Waals surface area contributed by atoms with Gasteiger partial charge in [0.1, 0.15) is 0 Å². The van der Waals surface area contributed by atoms with E-state index < -0.39 is 0 Å². The molecule has 2 aliphatic carbocycles. The van der Waals surface area contributed by atoms with Crippen molar-refractivity contribution in [3.63, 3.8) is 0 Å². The topological polar surface area (TPSA) is 20.2 Å². The molecule has 2 rings (SSSR count). The van der Waals surface area contributed by atoms with Gasteiger partial charge in [0.2, 0.25) is 0 Å². The van der Waals surface area contributed by atoms with E-state index in [2.05, 4.69) is 20.8 Å². The molecule has 0 radical (unpaired) electrons. The Kier molecular flexibility index (Phi) is 1.39. The third kappa shape index (κ3) is 0.807. The van der Waals surface area contributed by atoms with Crippen LogP contribution < -0.4 is 0 Å². The van der Waals surface area contributed by atoms with E-state index in [0.717, 1.165) is 18.3 Å². The van der Waals surface area contributed by atoms with Crippen LogP contribution >= 0.6 is 0 Å². The average molecular weight is 154 g/mol. The molecule has 0 aromatic heterocycles. The van der Waals surface area contributed by atoms with E-state index in [1.165, 1.54) is 6.42 Å². The summed E-state index contributed by atoms with van der Waals surface area (Å²) in [5.74, 6) is 2.18. The van der Waals surface area contributed by atoms with Crippen LogP contribution in [0.4, 0.5) is 0 Å². The number of aliphatic hydroxyl groups excluding tert-OH is 1. The first-order valence-electron chi connectivity index (χ1n) is 4.76. The van der Waals surface area contributed by atoms with Crippen LogP contribution in [0.5, 0.6) is 0 Å². The van der Waals surface area contributed by atoms with E-state index in [4.69, 9.17) is 0 Å². The monoisotopic (exact) mass is 154 g/mol. The largest absolute Gasteiger partial charge is 0.393 e. The Morgan fingerprint density at radius 2 is 2.00 bits per heavy atom. The SMILES string of the molecule is CC1[C@H](O)C[C@]2(C(C)C)C[C@H]12. The zero-order chi connectivity index (χ0) is 8.22. The third-order valence-corrected chi connectivity index (χ3v) is 4.16. The molecule has 0 aromatic carbocycles. The van der Waals surface area contributed by atoms with Crippen molar-refractivity contribution in [1.29, 1.82) is 0 Å². The van der Waals surface area contributed by atoms with Gasteiger partial charge in [-0.2, -0.15) is 0 Å². The van der Waals surface area contributed by atoms with Gasteiger partial charge >= 0.3 is 0 Å². The van der Waals surface area contributed by atoms with Gasteiger partial charge in [0, 0.05) is 0 Å². The second kappa shape index (κ2) is 2.01. The highest BCUT2D eigenvalue weighted by Gasteiger charge is 2.64. The summed E-state index contributed by atoms with van der Waals surface area (Å²) in [5.41, 5.74) is 0.554. The first-order valence-corrected chi connectivity index (χ1v) is 4.76. The van der Waals surface area contributed by atoms with Gasteiger partial charge in [0.15, 0.2) is 0 Å². The Hall–Kier alpha value is -0.0400. The molecule has 1 N–H and O–H groups in total. The molecule has 64 valence electrons. The predicted octanol–water partition coefficient (Wildman–Crippen LogP) is 2.05. The lowest BCUT2D eigenvalue weighted by atomic mass is 9.89. The Bertz CT molecular complexity index is 176. The van der Waals surface area contributed by atoms with Crippen LogP contribution in [-0.2, 0) is 0 Å². The molecule has 11 heavy (non-hydrogen) atoms. The first-order chi connectivity index (χ1) is 5.08. The van der Waals surface area contributed by atoms with Crippen molar-refractivity contribution in [3.05, 3.63) is 0 Å². The fourth-order valence-corrected chi connectivity index (χ4v) is 3.04. The van der Waals surface area contributed by atoms with Crippen LogP contribution in [-0.4, -0.2) is 11.2 Å². The van der Waals surface area contributed by atoms with Gasteiger partial charge in [0.05, 0.1) is 6.10 Å². The Labute approximate surface area is 68.8 Å².